The lowest BCUT2D eigenvalue weighted by molar-refractivity contribution is -0.119. The van der Waals surface area contributed by atoms with E-state index in [2.05, 4.69) is 5.32 Å². The Morgan fingerprint density at radius 3 is 2.65 bits per heavy atom. The number of carbonyl (C=O) groups excluding carboxylic acids is 2. The first-order valence-electron chi connectivity index (χ1n) is 12.3. The van der Waals surface area contributed by atoms with Gasteiger partial charge < -0.3 is 14.5 Å². The number of esters is 1. The number of para-hydroxylation sites is 1. The molecule has 1 aliphatic carbocycles. The Bertz CT molecular complexity index is 1670. The van der Waals surface area contributed by atoms with Gasteiger partial charge in [-0.2, -0.15) is 0 Å². The number of carbonyl (C=O) groups is 2. The smallest absolute Gasteiger partial charge is 0.339 e. The second-order valence-electron chi connectivity index (χ2n) is 9.06. The molecule has 3 aromatic carbocycles. The number of hydrogen-bond acceptors (Lipinski definition) is 5. The van der Waals surface area contributed by atoms with Crippen LogP contribution in [0.3, 0.4) is 0 Å². The minimum absolute atomic E-state index is 0.383. The standard InChI is InChI=1S/C31H24N2O4/c34-28(32-23-15-14-20-7-1-2-8-21(20)17-23)19-37-31(35)29-25-11-3-4-13-27(25)33-30-22(9-5-12-26(29)30)18-24-10-6-16-36-24/h1-4,6-8,10-11,13-18H,5,9,12,19H2,(H,32,34). The van der Waals surface area contributed by atoms with E-state index < -0.39 is 11.9 Å². The summed E-state index contributed by atoms with van der Waals surface area (Å²) in [6.07, 6.45) is 6.03. The molecular formula is C31H24N2O4. The van der Waals surface area contributed by atoms with Gasteiger partial charge in [0.1, 0.15) is 5.76 Å². The maximum absolute atomic E-state index is 13.4. The predicted molar refractivity (Wildman–Crippen MR) is 144 cm³/mol. The van der Waals surface area contributed by atoms with Gasteiger partial charge in [-0.1, -0.05) is 48.5 Å². The number of ether oxygens (including phenoxy) is 1. The molecule has 0 bridgehead atoms. The highest BCUT2D eigenvalue weighted by atomic mass is 16.5. The van der Waals surface area contributed by atoms with Crippen molar-refractivity contribution in [3.63, 3.8) is 0 Å². The van der Waals surface area contributed by atoms with Crippen LogP contribution in [0.2, 0.25) is 0 Å². The highest BCUT2D eigenvalue weighted by molar-refractivity contribution is 6.07. The Kier molecular flexibility index (Phi) is 5.98. The maximum Gasteiger partial charge on any atom is 0.339 e. The van der Waals surface area contributed by atoms with Gasteiger partial charge >= 0.3 is 5.97 Å². The van der Waals surface area contributed by atoms with Crippen molar-refractivity contribution in [3.8, 4) is 0 Å². The number of fused-ring (bicyclic) bond motifs is 3. The molecule has 1 N–H and O–H groups in total. The molecule has 1 aliphatic rings. The minimum atomic E-state index is -0.525. The third-order valence-corrected chi connectivity index (χ3v) is 6.60. The molecule has 37 heavy (non-hydrogen) atoms. The van der Waals surface area contributed by atoms with E-state index in [9.17, 15) is 9.59 Å². The molecule has 0 atom stereocenters. The van der Waals surface area contributed by atoms with Crippen LogP contribution >= 0.6 is 0 Å². The van der Waals surface area contributed by atoms with Crippen molar-refractivity contribution >= 4 is 50.9 Å². The molecule has 0 saturated carbocycles. The van der Waals surface area contributed by atoms with Gasteiger partial charge in [-0.3, -0.25) is 4.79 Å². The highest BCUT2D eigenvalue weighted by Crippen LogP contribution is 2.36. The van der Waals surface area contributed by atoms with Crippen LogP contribution in [-0.4, -0.2) is 23.5 Å². The molecule has 182 valence electrons. The fraction of sp³-hybridized carbons (Fsp3) is 0.129. The zero-order chi connectivity index (χ0) is 25.2. The third kappa shape index (κ3) is 4.61. The number of hydrogen-bond donors (Lipinski definition) is 1. The largest absolute Gasteiger partial charge is 0.465 e. The van der Waals surface area contributed by atoms with Crippen molar-refractivity contribution < 1.29 is 18.7 Å². The molecule has 5 aromatic rings. The molecular weight excluding hydrogens is 464 g/mol. The van der Waals surface area contributed by atoms with Crippen LogP contribution in [0.4, 0.5) is 5.69 Å². The van der Waals surface area contributed by atoms with Gasteiger partial charge in [-0.15, -0.1) is 0 Å². The summed E-state index contributed by atoms with van der Waals surface area (Å²) in [5, 5.41) is 5.65. The number of amides is 1. The van der Waals surface area contributed by atoms with Crippen molar-refractivity contribution in [2.75, 3.05) is 11.9 Å². The number of furan rings is 1. The van der Waals surface area contributed by atoms with Crippen LogP contribution in [0.25, 0.3) is 33.3 Å². The van der Waals surface area contributed by atoms with Gasteiger partial charge in [0, 0.05) is 11.1 Å². The van der Waals surface area contributed by atoms with Crippen LogP contribution < -0.4 is 5.32 Å². The number of anilines is 1. The second-order valence-corrected chi connectivity index (χ2v) is 9.06. The summed E-state index contributed by atoms with van der Waals surface area (Å²) >= 11 is 0. The van der Waals surface area contributed by atoms with E-state index in [0.29, 0.717) is 23.2 Å². The first-order chi connectivity index (χ1) is 18.2. The first kappa shape index (κ1) is 22.7. The summed E-state index contributed by atoms with van der Waals surface area (Å²) in [5.41, 5.74) is 4.49. The SMILES string of the molecule is O=C(COC(=O)c1c2c(nc3ccccc13)C(=Cc1ccco1)CCC2)Nc1ccc2ccccc2c1. The van der Waals surface area contributed by atoms with Gasteiger partial charge in [0.05, 0.1) is 23.0 Å². The maximum atomic E-state index is 13.4. The van der Waals surface area contributed by atoms with Crippen LogP contribution in [0.5, 0.6) is 0 Å². The van der Waals surface area contributed by atoms with E-state index in [1.807, 2.05) is 84.9 Å². The number of pyridine rings is 1. The Morgan fingerprint density at radius 2 is 1.78 bits per heavy atom. The number of allylic oxidation sites excluding steroid dienone is 1. The van der Waals surface area contributed by atoms with E-state index in [4.69, 9.17) is 14.1 Å². The average molecular weight is 489 g/mol. The highest BCUT2D eigenvalue weighted by Gasteiger charge is 2.26. The fourth-order valence-electron chi connectivity index (χ4n) is 4.92. The third-order valence-electron chi connectivity index (χ3n) is 6.60. The summed E-state index contributed by atoms with van der Waals surface area (Å²) in [4.78, 5) is 31.0. The zero-order valence-corrected chi connectivity index (χ0v) is 20.1. The molecule has 0 spiro atoms. The number of aromatic nitrogens is 1. The summed E-state index contributed by atoms with van der Waals surface area (Å²) in [7, 11) is 0. The lowest BCUT2D eigenvalue weighted by Crippen LogP contribution is -2.22. The topological polar surface area (TPSA) is 81.4 Å². The Labute approximate surface area is 213 Å². The second kappa shape index (κ2) is 9.74. The molecule has 1 amide bonds. The fourth-order valence-corrected chi connectivity index (χ4v) is 4.92. The predicted octanol–water partition coefficient (Wildman–Crippen LogP) is 6.65. The zero-order valence-electron chi connectivity index (χ0n) is 20.1. The monoisotopic (exact) mass is 488 g/mol. The van der Waals surface area contributed by atoms with Gasteiger partial charge in [0.25, 0.3) is 5.91 Å². The number of benzene rings is 3. The van der Waals surface area contributed by atoms with Crippen LogP contribution in [0, 0.1) is 0 Å². The molecule has 2 heterocycles. The summed E-state index contributed by atoms with van der Waals surface area (Å²) in [6.45, 7) is -0.383. The van der Waals surface area contributed by atoms with E-state index in [0.717, 1.165) is 51.6 Å². The molecule has 0 saturated heterocycles. The van der Waals surface area contributed by atoms with Gasteiger partial charge in [-0.05, 0) is 77.6 Å². The summed E-state index contributed by atoms with van der Waals surface area (Å²) < 4.78 is 11.1. The Balaban J connectivity index is 1.27. The van der Waals surface area contributed by atoms with E-state index in [1.165, 1.54) is 0 Å². The number of nitrogens with one attached hydrogen (secondary N) is 1. The average Bonchev–Trinajstić information content (AvgIpc) is 3.44. The molecule has 0 radical (unpaired) electrons. The lowest BCUT2D eigenvalue weighted by Gasteiger charge is -2.22. The molecule has 0 aliphatic heterocycles. The van der Waals surface area contributed by atoms with Gasteiger partial charge in [0.15, 0.2) is 6.61 Å². The first-order valence-corrected chi connectivity index (χ1v) is 12.3. The van der Waals surface area contributed by atoms with Gasteiger partial charge in [-0.25, -0.2) is 9.78 Å². The molecule has 6 nitrogen and oxygen atoms in total. The lowest BCUT2D eigenvalue weighted by atomic mass is 9.86. The normalized spacial score (nSPS) is 14.0. The van der Waals surface area contributed by atoms with Crippen molar-refractivity contribution in [2.24, 2.45) is 0 Å². The number of rotatable bonds is 5. The summed E-state index contributed by atoms with van der Waals surface area (Å²) in [6, 6.07) is 24.9. The quantitative estimate of drug-likeness (QED) is 0.280. The van der Waals surface area contributed by atoms with Crippen molar-refractivity contribution in [3.05, 3.63) is 108 Å². The Hall–Kier alpha value is -4.71. The molecule has 0 fully saturated rings. The summed E-state index contributed by atoms with van der Waals surface area (Å²) in [5.74, 6) is -0.177. The van der Waals surface area contributed by atoms with E-state index in [1.54, 1.807) is 6.26 Å². The van der Waals surface area contributed by atoms with Crippen LogP contribution in [0.15, 0.2) is 89.5 Å². The molecule has 2 aromatic heterocycles. The van der Waals surface area contributed by atoms with Gasteiger partial charge in [0.2, 0.25) is 0 Å². The molecule has 6 heteroatoms. The van der Waals surface area contributed by atoms with Crippen LogP contribution in [-0.2, 0) is 16.0 Å². The van der Waals surface area contributed by atoms with Crippen molar-refractivity contribution in [1.82, 2.24) is 4.98 Å². The number of nitrogens with zero attached hydrogens (tertiary/aromatic N) is 1. The Morgan fingerprint density at radius 1 is 0.946 bits per heavy atom. The minimum Gasteiger partial charge on any atom is -0.465 e. The van der Waals surface area contributed by atoms with E-state index >= 15 is 0 Å². The van der Waals surface area contributed by atoms with Crippen LogP contribution in [0.1, 0.15) is 40.2 Å². The van der Waals surface area contributed by atoms with Crippen molar-refractivity contribution in [2.45, 2.75) is 19.3 Å². The molecule has 6 rings (SSSR count). The van der Waals surface area contributed by atoms with E-state index in [-0.39, 0.29) is 6.61 Å². The van der Waals surface area contributed by atoms with Crippen molar-refractivity contribution in [1.29, 1.82) is 0 Å². The molecule has 0 unspecified atom stereocenters.